The van der Waals surface area contributed by atoms with Crippen molar-refractivity contribution in [3.63, 3.8) is 0 Å². The lowest BCUT2D eigenvalue weighted by Gasteiger charge is -2.04. The van der Waals surface area contributed by atoms with Gasteiger partial charge in [0.05, 0.1) is 17.1 Å². The van der Waals surface area contributed by atoms with Crippen LogP contribution in [-0.4, -0.2) is 10.1 Å². The molecule has 1 heterocycles. The summed E-state index contributed by atoms with van der Waals surface area (Å²) >= 11 is 5.82. The standard InChI is InChI=1S/C11H9ClNO/c1-7-2-8-4-10(12)5-13-11(8)9(3-7)6-14/h2-5,14H,1,6H2. The maximum absolute atomic E-state index is 9.13. The van der Waals surface area contributed by atoms with Crippen molar-refractivity contribution in [3.05, 3.63) is 47.5 Å². The minimum absolute atomic E-state index is 0.0332. The molecule has 1 aromatic carbocycles. The molecule has 2 nitrogen and oxygen atoms in total. The van der Waals surface area contributed by atoms with E-state index in [1.807, 2.05) is 18.2 Å². The highest BCUT2D eigenvalue weighted by Gasteiger charge is 2.03. The fourth-order valence-corrected chi connectivity index (χ4v) is 1.65. The number of nitrogens with zero attached hydrogens (tertiary/aromatic N) is 1. The van der Waals surface area contributed by atoms with Crippen LogP contribution in [-0.2, 0) is 6.61 Å². The van der Waals surface area contributed by atoms with Crippen molar-refractivity contribution in [3.8, 4) is 0 Å². The third-order valence-corrected chi connectivity index (χ3v) is 2.27. The van der Waals surface area contributed by atoms with Gasteiger partial charge >= 0.3 is 0 Å². The Balaban J connectivity index is 2.81. The maximum atomic E-state index is 9.13. The van der Waals surface area contributed by atoms with Crippen LogP contribution in [0.1, 0.15) is 11.1 Å². The SMILES string of the molecule is [CH2]c1cc(CO)c2ncc(Cl)cc2c1. The highest BCUT2D eigenvalue weighted by atomic mass is 35.5. The molecule has 2 rings (SSSR count). The molecule has 1 radical (unpaired) electrons. The number of aliphatic hydroxyl groups excluding tert-OH is 1. The van der Waals surface area contributed by atoms with Gasteiger partial charge in [-0.2, -0.15) is 0 Å². The van der Waals surface area contributed by atoms with E-state index in [9.17, 15) is 0 Å². The zero-order valence-electron chi connectivity index (χ0n) is 7.50. The van der Waals surface area contributed by atoms with Gasteiger partial charge in [-0.3, -0.25) is 4.98 Å². The second-order valence-corrected chi connectivity index (χ2v) is 3.57. The van der Waals surface area contributed by atoms with Crippen LogP contribution < -0.4 is 0 Å². The molecule has 0 atom stereocenters. The van der Waals surface area contributed by atoms with E-state index in [4.69, 9.17) is 16.7 Å². The number of hydrogen-bond donors (Lipinski definition) is 1. The Labute approximate surface area is 87.2 Å². The molecule has 0 spiro atoms. The van der Waals surface area contributed by atoms with Gasteiger partial charge in [-0.05, 0) is 24.6 Å². The molecule has 0 aliphatic carbocycles. The lowest BCUT2D eigenvalue weighted by Crippen LogP contribution is -1.90. The van der Waals surface area contributed by atoms with Gasteiger partial charge in [0.2, 0.25) is 0 Å². The highest BCUT2D eigenvalue weighted by molar-refractivity contribution is 6.31. The molecular formula is C11H9ClNO. The van der Waals surface area contributed by atoms with E-state index in [-0.39, 0.29) is 6.61 Å². The lowest BCUT2D eigenvalue weighted by atomic mass is 10.1. The summed E-state index contributed by atoms with van der Waals surface area (Å²) in [7, 11) is 0. The third-order valence-electron chi connectivity index (χ3n) is 2.06. The van der Waals surface area contributed by atoms with Crippen LogP contribution in [0.25, 0.3) is 10.9 Å². The average molecular weight is 207 g/mol. The first-order valence-electron chi connectivity index (χ1n) is 4.21. The van der Waals surface area contributed by atoms with Crippen LogP contribution in [0.4, 0.5) is 0 Å². The summed E-state index contributed by atoms with van der Waals surface area (Å²) in [4.78, 5) is 4.17. The second kappa shape index (κ2) is 3.56. The van der Waals surface area contributed by atoms with E-state index in [0.717, 1.165) is 22.0 Å². The largest absolute Gasteiger partial charge is 0.392 e. The number of aromatic nitrogens is 1. The number of benzene rings is 1. The molecule has 1 aromatic heterocycles. The average Bonchev–Trinajstić information content (AvgIpc) is 2.15. The Morgan fingerprint density at radius 1 is 1.36 bits per heavy atom. The second-order valence-electron chi connectivity index (χ2n) is 3.14. The summed E-state index contributed by atoms with van der Waals surface area (Å²) in [6.07, 6.45) is 1.58. The molecule has 0 bridgehead atoms. The van der Waals surface area contributed by atoms with Crippen LogP contribution in [0.3, 0.4) is 0 Å². The number of fused-ring (bicyclic) bond motifs is 1. The van der Waals surface area contributed by atoms with Gasteiger partial charge in [-0.1, -0.05) is 17.7 Å². The van der Waals surface area contributed by atoms with Crippen molar-refractivity contribution in [1.29, 1.82) is 0 Å². The summed E-state index contributed by atoms with van der Waals surface area (Å²) < 4.78 is 0. The molecule has 0 saturated heterocycles. The van der Waals surface area contributed by atoms with E-state index in [2.05, 4.69) is 11.9 Å². The van der Waals surface area contributed by atoms with Gasteiger partial charge in [0, 0.05) is 17.1 Å². The van der Waals surface area contributed by atoms with Gasteiger partial charge < -0.3 is 5.11 Å². The zero-order chi connectivity index (χ0) is 10.1. The molecule has 0 aliphatic rings. The van der Waals surface area contributed by atoms with E-state index in [1.54, 1.807) is 6.20 Å². The first-order chi connectivity index (χ1) is 6.70. The van der Waals surface area contributed by atoms with Gasteiger partial charge in [-0.15, -0.1) is 0 Å². The van der Waals surface area contributed by atoms with Crippen LogP contribution in [0.5, 0.6) is 0 Å². The van der Waals surface area contributed by atoms with Crippen molar-refractivity contribution in [2.75, 3.05) is 0 Å². The Morgan fingerprint density at radius 2 is 2.14 bits per heavy atom. The number of halogens is 1. The third kappa shape index (κ3) is 1.59. The first-order valence-corrected chi connectivity index (χ1v) is 4.59. The number of hydrogen-bond acceptors (Lipinski definition) is 2. The number of rotatable bonds is 1. The predicted molar refractivity (Wildman–Crippen MR) is 57.1 cm³/mol. The van der Waals surface area contributed by atoms with E-state index in [1.165, 1.54) is 0 Å². The summed E-state index contributed by atoms with van der Waals surface area (Å²) in [6, 6.07) is 5.54. The van der Waals surface area contributed by atoms with Crippen molar-refractivity contribution >= 4 is 22.5 Å². The van der Waals surface area contributed by atoms with Crippen LogP contribution in [0.2, 0.25) is 5.02 Å². The van der Waals surface area contributed by atoms with Crippen molar-refractivity contribution in [1.82, 2.24) is 4.98 Å². The first kappa shape index (κ1) is 9.44. The van der Waals surface area contributed by atoms with Crippen molar-refractivity contribution in [2.45, 2.75) is 6.61 Å². The summed E-state index contributed by atoms with van der Waals surface area (Å²) in [6.45, 7) is 3.79. The molecule has 3 heteroatoms. The molecule has 0 aliphatic heterocycles. The number of pyridine rings is 1. The predicted octanol–water partition coefficient (Wildman–Crippen LogP) is 2.56. The van der Waals surface area contributed by atoms with Gasteiger partial charge in [0.1, 0.15) is 0 Å². The summed E-state index contributed by atoms with van der Waals surface area (Å²) in [5.41, 5.74) is 2.42. The Bertz CT molecular complexity index is 477. The molecule has 0 fully saturated rings. The van der Waals surface area contributed by atoms with Crippen LogP contribution >= 0.6 is 11.6 Å². The fraction of sp³-hybridized carbons (Fsp3) is 0.0909. The lowest BCUT2D eigenvalue weighted by molar-refractivity contribution is 0.283. The summed E-state index contributed by atoms with van der Waals surface area (Å²) in [5.74, 6) is 0. The molecule has 14 heavy (non-hydrogen) atoms. The fourth-order valence-electron chi connectivity index (χ4n) is 1.49. The maximum Gasteiger partial charge on any atom is 0.0758 e. The quantitative estimate of drug-likeness (QED) is 0.778. The minimum Gasteiger partial charge on any atom is -0.392 e. The van der Waals surface area contributed by atoms with Crippen LogP contribution in [0.15, 0.2) is 24.4 Å². The topological polar surface area (TPSA) is 33.1 Å². The van der Waals surface area contributed by atoms with Crippen molar-refractivity contribution < 1.29 is 5.11 Å². The molecule has 0 saturated carbocycles. The molecule has 2 aromatic rings. The van der Waals surface area contributed by atoms with Gasteiger partial charge in [0.15, 0.2) is 0 Å². The van der Waals surface area contributed by atoms with Gasteiger partial charge in [-0.25, -0.2) is 0 Å². The zero-order valence-corrected chi connectivity index (χ0v) is 8.25. The smallest absolute Gasteiger partial charge is 0.0758 e. The normalized spacial score (nSPS) is 10.8. The molecule has 71 valence electrons. The number of aliphatic hydroxyl groups is 1. The minimum atomic E-state index is -0.0332. The Morgan fingerprint density at radius 3 is 2.86 bits per heavy atom. The van der Waals surface area contributed by atoms with E-state index < -0.39 is 0 Å². The molecular weight excluding hydrogens is 198 g/mol. The van der Waals surface area contributed by atoms with E-state index >= 15 is 0 Å². The Kier molecular flexibility index (Phi) is 2.40. The summed E-state index contributed by atoms with van der Waals surface area (Å²) in [5, 5.41) is 10.6. The monoisotopic (exact) mass is 206 g/mol. The van der Waals surface area contributed by atoms with Gasteiger partial charge in [0.25, 0.3) is 0 Å². The molecule has 0 unspecified atom stereocenters. The van der Waals surface area contributed by atoms with Crippen LogP contribution in [0, 0.1) is 6.92 Å². The van der Waals surface area contributed by atoms with Crippen molar-refractivity contribution in [2.24, 2.45) is 0 Å². The Hall–Kier alpha value is -1.12. The van der Waals surface area contributed by atoms with E-state index in [0.29, 0.717) is 5.02 Å². The molecule has 0 amide bonds. The highest BCUT2D eigenvalue weighted by Crippen LogP contribution is 2.21. The molecule has 1 N–H and O–H groups in total.